The largest absolute Gasteiger partial charge is 0.351 e. The summed E-state index contributed by atoms with van der Waals surface area (Å²) in [6.07, 6.45) is 12.9. The molecule has 0 aromatic heterocycles. The van der Waals surface area contributed by atoms with Crippen molar-refractivity contribution in [1.29, 1.82) is 5.26 Å². The summed E-state index contributed by atoms with van der Waals surface area (Å²) >= 11 is 0. The van der Waals surface area contributed by atoms with Gasteiger partial charge in [-0.05, 0) is 31.9 Å². The Kier molecular flexibility index (Phi) is 12.7. The molecule has 0 atom stereocenters. The summed E-state index contributed by atoms with van der Waals surface area (Å²) in [4.78, 5) is 12.8. The zero-order valence-corrected chi connectivity index (χ0v) is 18.5. The zero-order valence-electron chi connectivity index (χ0n) is 18.5. The number of hydrogen-bond donors (Lipinski definition) is 1. The number of carbonyl (C=O) groups is 1. The third kappa shape index (κ3) is 8.33. The molecule has 0 spiro atoms. The van der Waals surface area contributed by atoms with Crippen LogP contribution in [0.3, 0.4) is 0 Å². The fourth-order valence-electron chi connectivity index (χ4n) is 2.80. The van der Waals surface area contributed by atoms with Crippen molar-refractivity contribution in [2.24, 2.45) is 0 Å². The Hall–Kier alpha value is -2.90. The molecule has 4 nitrogen and oxygen atoms in total. The Morgan fingerprint density at radius 1 is 1.10 bits per heavy atom. The third-order valence-electron chi connectivity index (χ3n) is 5.06. The van der Waals surface area contributed by atoms with Gasteiger partial charge in [0.05, 0.1) is 26.7 Å². The molecule has 0 heterocycles. The minimum atomic E-state index is -0.394. The van der Waals surface area contributed by atoms with Crippen molar-refractivity contribution in [2.45, 2.75) is 27.2 Å². The fraction of sp³-hybridized carbons (Fsp3) is 0.360. The van der Waals surface area contributed by atoms with Crippen LogP contribution >= 0.6 is 0 Å². The molecule has 0 aromatic carbocycles. The van der Waals surface area contributed by atoms with Crippen molar-refractivity contribution >= 4 is 5.91 Å². The number of nitrogens with one attached hydrogen (secondary N) is 1. The van der Waals surface area contributed by atoms with E-state index in [1.807, 2.05) is 25.2 Å². The van der Waals surface area contributed by atoms with E-state index < -0.39 is 5.91 Å². The smallest absolute Gasteiger partial charge is 0.262 e. The molecule has 0 radical (unpaired) electrons. The molecule has 1 N–H and O–H groups in total. The molecule has 0 unspecified atom stereocenters. The van der Waals surface area contributed by atoms with Gasteiger partial charge in [0.15, 0.2) is 0 Å². The molecule has 0 aliphatic carbocycles. The van der Waals surface area contributed by atoms with Crippen LogP contribution in [0.15, 0.2) is 84.6 Å². The van der Waals surface area contributed by atoms with Crippen LogP contribution in [0.25, 0.3) is 0 Å². The van der Waals surface area contributed by atoms with E-state index in [-0.39, 0.29) is 5.57 Å². The molecule has 0 saturated carbocycles. The zero-order chi connectivity index (χ0) is 22.3. The van der Waals surface area contributed by atoms with Crippen molar-refractivity contribution in [1.82, 2.24) is 5.32 Å². The van der Waals surface area contributed by atoms with Crippen LogP contribution in [0.1, 0.15) is 27.2 Å². The second-order valence-corrected chi connectivity index (χ2v) is 6.86. The molecule has 4 heteroatoms. The highest BCUT2D eigenvalue weighted by atomic mass is 16.1. The summed E-state index contributed by atoms with van der Waals surface area (Å²) in [6.45, 7) is 21.2. The minimum Gasteiger partial charge on any atom is -0.351 e. The topological polar surface area (TPSA) is 52.9 Å². The van der Waals surface area contributed by atoms with Gasteiger partial charge in [-0.1, -0.05) is 62.3 Å². The first kappa shape index (κ1) is 26.1. The first-order valence-corrected chi connectivity index (χ1v) is 10.0. The molecule has 1 amide bonds. The van der Waals surface area contributed by atoms with Crippen molar-refractivity contribution < 1.29 is 9.28 Å². The highest BCUT2D eigenvalue weighted by molar-refractivity contribution is 6.00. The molecular weight excluding hydrogens is 358 g/mol. The second kappa shape index (κ2) is 14.1. The van der Waals surface area contributed by atoms with Gasteiger partial charge in [-0.2, -0.15) is 5.26 Å². The Balaban J connectivity index is 5.88. The van der Waals surface area contributed by atoms with Gasteiger partial charge in [0, 0.05) is 18.5 Å². The van der Waals surface area contributed by atoms with Crippen LogP contribution in [0.4, 0.5) is 0 Å². The second-order valence-electron chi connectivity index (χ2n) is 6.86. The predicted octanol–water partition coefficient (Wildman–Crippen LogP) is 4.79. The number of amides is 1. The summed E-state index contributed by atoms with van der Waals surface area (Å²) in [7, 11) is 2.21. The maximum Gasteiger partial charge on any atom is 0.262 e. The maximum absolute atomic E-state index is 12.8. The lowest BCUT2D eigenvalue weighted by atomic mass is 9.91. The number of rotatable bonds is 13. The van der Waals surface area contributed by atoms with Gasteiger partial charge in [-0.3, -0.25) is 4.79 Å². The van der Waals surface area contributed by atoms with Crippen molar-refractivity contribution in [3.8, 4) is 6.07 Å². The van der Waals surface area contributed by atoms with Crippen LogP contribution in [0.2, 0.25) is 0 Å². The summed E-state index contributed by atoms with van der Waals surface area (Å²) in [5, 5.41) is 12.7. The van der Waals surface area contributed by atoms with Gasteiger partial charge in [0.1, 0.15) is 11.6 Å². The van der Waals surface area contributed by atoms with Gasteiger partial charge >= 0.3 is 0 Å². The van der Waals surface area contributed by atoms with Gasteiger partial charge < -0.3 is 9.80 Å². The number of hydrogen-bond acceptors (Lipinski definition) is 2. The number of carbonyl (C=O) groups excluding carboxylic acids is 1. The Morgan fingerprint density at radius 3 is 2.14 bits per heavy atom. The summed E-state index contributed by atoms with van der Waals surface area (Å²) in [5.74, 6) is -0.394. The average Bonchev–Trinajstić information content (AvgIpc) is 2.74. The number of nitrogens with zero attached hydrogens (tertiary/aromatic N) is 2. The summed E-state index contributed by atoms with van der Waals surface area (Å²) in [6, 6.07) is 2.07. The lowest BCUT2D eigenvalue weighted by Crippen LogP contribution is -2.45. The minimum absolute atomic E-state index is 0.0388. The lowest BCUT2D eigenvalue weighted by molar-refractivity contribution is -0.906. The average molecular weight is 395 g/mol. The maximum atomic E-state index is 12.8. The van der Waals surface area contributed by atoms with Crippen LogP contribution in [0, 0.1) is 11.3 Å². The Labute approximate surface area is 177 Å². The Bertz CT molecular complexity index is 753. The molecule has 156 valence electrons. The van der Waals surface area contributed by atoms with Crippen molar-refractivity contribution in [3.05, 3.63) is 84.6 Å². The van der Waals surface area contributed by atoms with E-state index in [1.165, 1.54) is 0 Å². The monoisotopic (exact) mass is 394 g/mol. The molecule has 0 aliphatic heterocycles. The highest BCUT2D eigenvalue weighted by Gasteiger charge is 2.20. The van der Waals surface area contributed by atoms with E-state index in [9.17, 15) is 10.1 Å². The molecule has 0 saturated heterocycles. The highest BCUT2D eigenvalue weighted by Crippen LogP contribution is 2.26. The molecule has 0 rings (SSSR count). The van der Waals surface area contributed by atoms with Crippen LogP contribution in [-0.2, 0) is 4.79 Å². The number of quaternary nitrogens is 1. The van der Waals surface area contributed by atoms with E-state index in [4.69, 9.17) is 0 Å². The molecule has 0 fully saturated rings. The SMILES string of the molecule is C=C/C=C(C=C)/C(=C(\C#N)C(=O)NCCC[N+](C)(CC)CC)C(/C=C)=C/C=C\C. The quantitative estimate of drug-likeness (QED) is 0.161. The van der Waals surface area contributed by atoms with Crippen LogP contribution in [0.5, 0.6) is 0 Å². The van der Waals surface area contributed by atoms with E-state index in [1.54, 1.807) is 24.3 Å². The normalized spacial score (nSPS) is 13.5. The van der Waals surface area contributed by atoms with Gasteiger partial charge in [-0.15, -0.1) is 0 Å². The number of allylic oxidation sites excluding steroid dienone is 10. The summed E-state index contributed by atoms with van der Waals surface area (Å²) < 4.78 is 0.956. The van der Waals surface area contributed by atoms with E-state index in [2.05, 4.69) is 52.0 Å². The standard InChI is InChI=1S/C25H35N3O/c1-8-14-17-22(11-4)24(21(10-3)16-9-2)23(20-26)25(29)27-18-15-19-28(7,12-5)13-6/h8-11,14,16-17H,2-4,12-13,15,18-19H2,1,5-7H3/p+1/b14-8-,21-16+,22-17+,24-23-. The summed E-state index contributed by atoms with van der Waals surface area (Å²) in [5.41, 5.74) is 1.85. The van der Waals surface area contributed by atoms with Gasteiger partial charge in [0.2, 0.25) is 0 Å². The van der Waals surface area contributed by atoms with Gasteiger partial charge in [-0.25, -0.2) is 0 Å². The first-order valence-electron chi connectivity index (χ1n) is 10.0. The third-order valence-corrected chi connectivity index (χ3v) is 5.06. The Morgan fingerprint density at radius 2 is 1.69 bits per heavy atom. The van der Waals surface area contributed by atoms with E-state index in [0.29, 0.717) is 23.3 Å². The van der Waals surface area contributed by atoms with Crippen LogP contribution < -0.4 is 5.32 Å². The molecule has 0 aromatic rings. The lowest BCUT2D eigenvalue weighted by Gasteiger charge is -2.32. The van der Waals surface area contributed by atoms with E-state index in [0.717, 1.165) is 30.5 Å². The fourth-order valence-corrected chi connectivity index (χ4v) is 2.80. The molecular formula is C25H36N3O+. The first-order chi connectivity index (χ1) is 13.9. The molecule has 0 bridgehead atoms. The molecule has 0 aliphatic rings. The van der Waals surface area contributed by atoms with Crippen molar-refractivity contribution in [2.75, 3.05) is 33.2 Å². The van der Waals surface area contributed by atoms with Crippen molar-refractivity contribution in [3.63, 3.8) is 0 Å². The van der Waals surface area contributed by atoms with Crippen LogP contribution in [-0.4, -0.2) is 43.6 Å². The van der Waals surface area contributed by atoms with Gasteiger partial charge in [0.25, 0.3) is 5.91 Å². The predicted molar refractivity (Wildman–Crippen MR) is 124 cm³/mol. The molecule has 29 heavy (non-hydrogen) atoms. The number of nitriles is 1. The van der Waals surface area contributed by atoms with E-state index >= 15 is 0 Å².